The molecule has 0 saturated carbocycles. The first-order valence-corrected chi connectivity index (χ1v) is 9.52. The van der Waals surface area contributed by atoms with Crippen molar-refractivity contribution in [2.45, 2.75) is 9.79 Å². The van der Waals surface area contributed by atoms with Gasteiger partial charge in [-0.2, -0.15) is 0 Å². The lowest BCUT2D eigenvalue weighted by atomic mass is 10.2. The second-order valence-electron chi connectivity index (χ2n) is 4.25. The number of fused-ring (bicyclic) bond motifs is 2. The lowest BCUT2D eigenvalue weighted by molar-refractivity contribution is -0.115. The molecular weight excluding hydrogens is 326 g/mol. The van der Waals surface area contributed by atoms with Crippen molar-refractivity contribution in [1.29, 1.82) is 0 Å². The molecule has 2 aromatic carbocycles. The average molecular weight is 337 g/mol. The summed E-state index contributed by atoms with van der Waals surface area (Å²) >= 11 is 1.62. The van der Waals surface area contributed by atoms with Crippen LogP contribution in [0.4, 0.5) is 11.4 Å². The maximum Gasteiger partial charge on any atom is 0.242 e. The lowest BCUT2D eigenvalue weighted by Gasteiger charge is -2.30. The van der Waals surface area contributed by atoms with Gasteiger partial charge in [-0.1, -0.05) is 36.0 Å². The third-order valence-corrected chi connectivity index (χ3v) is 5.62. The molecule has 0 aliphatic carbocycles. The smallest absolute Gasteiger partial charge is 0.242 e. The third kappa shape index (κ3) is 3.01. The number of hydrogen-bond acceptors (Lipinski definition) is 4. The van der Waals surface area contributed by atoms with E-state index in [2.05, 4.69) is 0 Å². The molecule has 1 unspecified atom stereocenters. The van der Waals surface area contributed by atoms with E-state index in [0.717, 1.165) is 21.2 Å². The molecule has 0 radical (unpaired) electrons. The van der Waals surface area contributed by atoms with Gasteiger partial charge in [0.1, 0.15) is 0 Å². The number of para-hydroxylation sites is 2. The first-order valence-electron chi connectivity index (χ1n) is 6.10. The van der Waals surface area contributed by atoms with Crippen molar-refractivity contribution < 1.29 is 13.6 Å². The van der Waals surface area contributed by atoms with E-state index >= 15 is 0 Å². The summed E-state index contributed by atoms with van der Waals surface area (Å²) in [4.78, 5) is 16.1. The fourth-order valence-corrected chi connectivity index (χ4v) is 4.13. The molecule has 21 heavy (non-hydrogen) atoms. The number of hydrogen-bond donors (Lipinski definition) is 1. The van der Waals surface area contributed by atoms with Gasteiger partial charge in [-0.05, 0) is 35.1 Å². The zero-order valence-electron chi connectivity index (χ0n) is 10.8. The van der Waals surface area contributed by atoms with Crippen LogP contribution >= 0.6 is 22.6 Å². The molecule has 0 bridgehead atoms. The summed E-state index contributed by atoms with van der Waals surface area (Å²) in [6, 6.07) is 15.3. The first-order chi connectivity index (χ1) is 10.2. The Morgan fingerprint density at radius 2 is 1.62 bits per heavy atom. The molecule has 0 saturated heterocycles. The Morgan fingerprint density at radius 1 is 1.10 bits per heavy atom. The van der Waals surface area contributed by atoms with Crippen molar-refractivity contribution in [1.82, 2.24) is 0 Å². The number of amides is 1. The second-order valence-corrected chi connectivity index (χ2v) is 7.85. The molecule has 1 N–H and O–H groups in total. The van der Waals surface area contributed by atoms with Gasteiger partial charge < -0.3 is 0 Å². The highest BCUT2D eigenvalue weighted by Crippen LogP contribution is 2.47. The highest BCUT2D eigenvalue weighted by molar-refractivity contribution is 8.67. The number of carbonyl (C=O) groups is 1. The SMILES string of the molecule is O=C(CSS(=O)O)N1c2ccccc2Sc2ccccc21. The number of carbonyl (C=O) groups excluding carboxylic acids is 1. The quantitative estimate of drug-likeness (QED) is 0.684. The molecule has 1 heterocycles. The Hall–Kier alpha value is -1.28. The van der Waals surface area contributed by atoms with Crippen LogP contribution in [-0.2, 0) is 14.9 Å². The minimum absolute atomic E-state index is 0.0452. The molecule has 1 atom stereocenters. The lowest BCUT2D eigenvalue weighted by Crippen LogP contribution is -2.30. The summed E-state index contributed by atoms with van der Waals surface area (Å²) in [7, 11) is -1.33. The average Bonchev–Trinajstić information content (AvgIpc) is 2.50. The van der Waals surface area contributed by atoms with E-state index in [1.165, 1.54) is 0 Å². The summed E-state index contributed by atoms with van der Waals surface area (Å²) in [5.41, 5.74) is 1.63. The van der Waals surface area contributed by atoms with Crippen LogP contribution in [0.5, 0.6) is 0 Å². The van der Waals surface area contributed by atoms with Crippen molar-refractivity contribution in [3.05, 3.63) is 48.5 Å². The van der Waals surface area contributed by atoms with Crippen LogP contribution in [0.3, 0.4) is 0 Å². The van der Waals surface area contributed by atoms with Crippen LogP contribution in [0.25, 0.3) is 0 Å². The maximum atomic E-state index is 12.5. The highest BCUT2D eigenvalue weighted by Gasteiger charge is 2.27. The molecular formula is C14H11NO3S3. The van der Waals surface area contributed by atoms with E-state index in [-0.39, 0.29) is 11.7 Å². The van der Waals surface area contributed by atoms with E-state index in [1.54, 1.807) is 16.7 Å². The van der Waals surface area contributed by atoms with E-state index in [0.29, 0.717) is 10.8 Å². The summed E-state index contributed by atoms with van der Waals surface area (Å²) in [5.74, 6) is -0.251. The van der Waals surface area contributed by atoms with Crippen molar-refractivity contribution >= 4 is 50.0 Å². The normalized spacial score (nSPS) is 14.2. The number of nitrogens with zero attached hydrogens (tertiary/aromatic N) is 1. The number of anilines is 2. The summed E-state index contributed by atoms with van der Waals surface area (Å²) in [5, 5.41) is 0. The van der Waals surface area contributed by atoms with Gasteiger partial charge in [-0.15, -0.1) is 0 Å². The van der Waals surface area contributed by atoms with Gasteiger partial charge in [0.15, 0.2) is 0 Å². The van der Waals surface area contributed by atoms with Gasteiger partial charge in [0.25, 0.3) is 0 Å². The van der Waals surface area contributed by atoms with Gasteiger partial charge in [-0.3, -0.25) is 14.2 Å². The van der Waals surface area contributed by atoms with Crippen LogP contribution < -0.4 is 4.90 Å². The molecule has 1 aliphatic heterocycles. The third-order valence-electron chi connectivity index (χ3n) is 2.96. The van der Waals surface area contributed by atoms with E-state index in [4.69, 9.17) is 4.55 Å². The predicted octanol–water partition coefficient (Wildman–Crippen LogP) is 3.69. The maximum absolute atomic E-state index is 12.5. The van der Waals surface area contributed by atoms with Crippen molar-refractivity contribution in [2.75, 3.05) is 10.7 Å². The minimum atomic E-state index is -2.04. The fourth-order valence-electron chi connectivity index (χ4n) is 2.14. The first kappa shape index (κ1) is 14.6. The second kappa shape index (κ2) is 6.23. The van der Waals surface area contributed by atoms with E-state index in [1.807, 2.05) is 48.5 Å². The Morgan fingerprint density at radius 3 is 2.14 bits per heavy atom. The number of benzene rings is 2. The zero-order chi connectivity index (χ0) is 14.8. The summed E-state index contributed by atoms with van der Waals surface area (Å²) in [6.45, 7) is 0. The molecule has 0 fully saturated rings. The van der Waals surface area contributed by atoms with Crippen LogP contribution in [0.2, 0.25) is 0 Å². The molecule has 1 aliphatic rings. The fraction of sp³-hybridized carbons (Fsp3) is 0.0714. The predicted molar refractivity (Wildman–Crippen MR) is 87.4 cm³/mol. The van der Waals surface area contributed by atoms with Crippen LogP contribution in [0, 0.1) is 0 Å². The molecule has 4 nitrogen and oxygen atoms in total. The van der Waals surface area contributed by atoms with Crippen molar-refractivity contribution in [3.63, 3.8) is 0 Å². The standard InChI is InChI=1S/C14H11NO3S3/c16-14(9-19-21(17)18)15-10-5-1-3-7-12(10)20-13-8-4-2-6-11(13)15/h1-8H,9H2,(H,17,18). The molecule has 0 aromatic heterocycles. The number of rotatable bonds is 3. The highest BCUT2D eigenvalue weighted by atomic mass is 33.1. The Kier molecular flexibility index (Phi) is 4.34. The van der Waals surface area contributed by atoms with Crippen LogP contribution in [-0.4, -0.2) is 20.4 Å². The van der Waals surface area contributed by atoms with Crippen LogP contribution in [0.1, 0.15) is 0 Å². The summed E-state index contributed by atoms with van der Waals surface area (Å²) in [6.07, 6.45) is 0. The zero-order valence-corrected chi connectivity index (χ0v) is 13.2. The summed E-state index contributed by atoms with van der Waals surface area (Å²) < 4.78 is 19.6. The van der Waals surface area contributed by atoms with Crippen LogP contribution in [0.15, 0.2) is 58.3 Å². The van der Waals surface area contributed by atoms with Gasteiger partial charge in [0.05, 0.1) is 17.1 Å². The van der Waals surface area contributed by atoms with Crippen molar-refractivity contribution in [2.24, 2.45) is 0 Å². The van der Waals surface area contributed by atoms with Crippen molar-refractivity contribution in [3.8, 4) is 0 Å². The molecule has 7 heteroatoms. The van der Waals surface area contributed by atoms with Gasteiger partial charge in [-0.25, -0.2) is 4.21 Å². The van der Waals surface area contributed by atoms with Gasteiger partial charge in [0, 0.05) is 9.79 Å². The largest absolute Gasteiger partial charge is 0.298 e. The van der Waals surface area contributed by atoms with E-state index < -0.39 is 10.1 Å². The monoisotopic (exact) mass is 337 g/mol. The Balaban J connectivity index is 2.02. The Bertz CT molecular complexity index is 675. The molecule has 0 spiro atoms. The Labute approximate surface area is 132 Å². The minimum Gasteiger partial charge on any atom is -0.298 e. The molecule has 3 rings (SSSR count). The molecule has 108 valence electrons. The molecule has 1 amide bonds. The molecule has 2 aromatic rings. The van der Waals surface area contributed by atoms with E-state index in [9.17, 15) is 9.00 Å². The van der Waals surface area contributed by atoms with Gasteiger partial charge in [0.2, 0.25) is 16.0 Å². The van der Waals surface area contributed by atoms with Gasteiger partial charge >= 0.3 is 0 Å². The topological polar surface area (TPSA) is 57.6 Å².